The molecular weight excluding hydrogens is 525 g/mol. The van der Waals surface area contributed by atoms with Gasteiger partial charge in [-0.15, -0.1) is 45.3 Å². The summed E-state index contributed by atoms with van der Waals surface area (Å²) in [6, 6.07) is 8.78. The Hall–Kier alpha value is -2.78. The summed E-state index contributed by atoms with van der Waals surface area (Å²) in [4.78, 5) is 27.9. The molecule has 3 aliphatic rings. The van der Waals surface area contributed by atoms with Gasteiger partial charge in [0.1, 0.15) is 0 Å². The molecule has 1 amide bonds. The van der Waals surface area contributed by atoms with E-state index in [1.54, 1.807) is 45.3 Å². The summed E-state index contributed by atoms with van der Waals surface area (Å²) < 4.78 is 0. The Balaban J connectivity index is 1.26. The zero-order valence-electron chi connectivity index (χ0n) is 19.9. The molecule has 178 valence electrons. The van der Waals surface area contributed by atoms with Crippen LogP contribution in [-0.4, -0.2) is 21.7 Å². The zero-order valence-corrected chi connectivity index (χ0v) is 23.2. The molecule has 8 heteroatoms. The molecule has 36 heavy (non-hydrogen) atoms. The summed E-state index contributed by atoms with van der Waals surface area (Å²) in [5.41, 5.74) is 7.38. The maximum atomic E-state index is 13.3. The van der Waals surface area contributed by atoms with Crippen molar-refractivity contribution in [2.24, 2.45) is 4.99 Å². The van der Waals surface area contributed by atoms with Crippen molar-refractivity contribution in [2.45, 2.75) is 38.5 Å². The first kappa shape index (κ1) is 21.3. The Kier molecular flexibility index (Phi) is 3.88. The molecule has 0 fully saturated rings. The van der Waals surface area contributed by atoms with E-state index in [9.17, 15) is 9.90 Å². The number of carbonyl (C=O) groups is 1. The number of nitrogens with zero attached hydrogens (tertiary/aromatic N) is 1. The summed E-state index contributed by atoms with van der Waals surface area (Å²) in [6.45, 7) is 8.99. The lowest BCUT2D eigenvalue weighted by Gasteiger charge is -2.18. The van der Waals surface area contributed by atoms with Crippen molar-refractivity contribution in [1.29, 1.82) is 0 Å². The lowest BCUT2D eigenvalue weighted by Crippen LogP contribution is -2.14. The molecule has 0 saturated carbocycles. The van der Waals surface area contributed by atoms with Gasteiger partial charge in [-0.25, -0.2) is 4.99 Å². The molecular formula is C28H20N2O2S4. The average Bonchev–Trinajstić information content (AvgIpc) is 3.65. The van der Waals surface area contributed by atoms with E-state index in [-0.39, 0.29) is 22.6 Å². The van der Waals surface area contributed by atoms with E-state index in [2.05, 4.69) is 72.7 Å². The standard InChI is InChI=1S/C28H20N2O2S4/c1-27(2)11-5-7-33-21(11)23-13(27)9-15(35-23)19-17-18(26(32)29-19)20(30-25(17)31)16-10-14-24(36-16)22-12(6-8-34-22)28(14,3)4/h5-10,29,32H,1-4H3. The Bertz CT molecular complexity index is 1830. The van der Waals surface area contributed by atoms with Gasteiger partial charge in [0, 0.05) is 30.3 Å². The SMILES string of the molecule is CC1(C)c2ccsc2-c2sc(C3=NC(=O)c4c(-c5cc6c(s5)-c5sccc5C6(C)C)[nH]c(O)c43)cc21. The highest BCUT2D eigenvalue weighted by Gasteiger charge is 2.42. The van der Waals surface area contributed by atoms with E-state index in [1.165, 1.54) is 41.8 Å². The summed E-state index contributed by atoms with van der Waals surface area (Å²) in [6.07, 6.45) is 0. The van der Waals surface area contributed by atoms with Gasteiger partial charge < -0.3 is 10.1 Å². The van der Waals surface area contributed by atoms with Gasteiger partial charge in [0.05, 0.1) is 32.3 Å². The number of aromatic amines is 1. The van der Waals surface area contributed by atoms with E-state index in [1.807, 2.05) is 0 Å². The molecule has 2 aliphatic carbocycles. The second kappa shape index (κ2) is 6.55. The molecule has 6 heterocycles. The van der Waals surface area contributed by atoms with Crippen molar-refractivity contribution in [3.8, 4) is 36.0 Å². The molecule has 0 spiro atoms. The van der Waals surface area contributed by atoms with E-state index in [0.29, 0.717) is 22.5 Å². The van der Waals surface area contributed by atoms with Crippen LogP contribution in [0.15, 0.2) is 40.0 Å². The number of aliphatic imine (C=N–C) groups is 1. The number of amides is 1. The van der Waals surface area contributed by atoms with Gasteiger partial charge in [-0.3, -0.25) is 4.79 Å². The molecule has 8 rings (SSSR count). The Morgan fingerprint density at radius 2 is 1.33 bits per heavy atom. The molecule has 2 N–H and O–H groups in total. The van der Waals surface area contributed by atoms with Crippen molar-refractivity contribution in [3.63, 3.8) is 0 Å². The number of aromatic nitrogens is 1. The first-order valence-electron chi connectivity index (χ1n) is 11.7. The fourth-order valence-corrected chi connectivity index (χ4v) is 11.1. The number of fused-ring (bicyclic) bond motifs is 7. The predicted molar refractivity (Wildman–Crippen MR) is 151 cm³/mol. The second-order valence-electron chi connectivity index (χ2n) is 10.6. The zero-order chi connectivity index (χ0) is 24.7. The molecule has 0 radical (unpaired) electrons. The maximum Gasteiger partial charge on any atom is 0.280 e. The fraction of sp³-hybridized carbons (Fsp3) is 0.214. The minimum atomic E-state index is -0.291. The third kappa shape index (κ3) is 2.39. The van der Waals surface area contributed by atoms with Gasteiger partial charge in [-0.05, 0) is 57.3 Å². The monoisotopic (exact) mass is 544 g/mol. The largest absolute Gasteiger partial charge is 0.494 e. The van der Waals surface area contributed by atoms with Crippen LogP contribution in [0, 0.1) is 0 Å². The highest BCUT2D eigenvalue weighted by Crippen LogP contribution is 2.57. The van der Waals surface area contributed by atoms with Gasteiger partial charge >= 0.3 is 0 Å². The van der Waals surface area contributed by atoms with E-state index >= 15 is 0 Å². The number of thiophene rings is 4. The number of H-pyrrole nitrogens is 1. The van der Waals surface area contributed by atoms with E-state index in [4.69, 9.17) is 0 Å². The van der Waals surface area contributed by atoms with Crippen LogP contribution in [0.5, 0.6) is 5.88 Å². The summed E-state index contributed by atoms with van der Waals surface area (Å²) in [7, 11) is 0. The Morgan fingerprint density at radius 3 is 1.94 bits per heavy atom. The first-order valence-corrected chi connectivity index (χ1v) is 15.1. The highest BCUT2D eigenvalue weighted by molar-refractivity contribution is 7.24. The van der Waals surface area contributed by atoms with Gasteiger partial charge in [0.2, 0.25) is 0 Å². The molecule has 0 bridgehead atoms. The minimum Gasteiger partial charge on any atom is -0.494 e. The molecule has 0 unspecified atom stereocenters. The van der Waals surface area contributed by atoms with Gasteiger partial charge in [0.25, 0.3) is 5.91 Å². The average molecular weight is 545 g/mol. The summed E-state index contributed by atoms with van der Waals surface area (Å²) in [5, 5.41) is 15.3. The predicted octanol–water partition coefficient (Wildman–Crippen LogP) is 8.24. The van der Waals surface area contributed by atoms with Crippen LogP contribution in [-0.2, 0) is 10.8 Å². The van der Waals surface area contributed by atoms with Gasteiger partial charge in [-0.2, -0.15) is 0 Å². The molecule has 0 aromatic carbocycles. The van der Waals surface area contributed by atoms with Crippen LogP contribution in [0.4, 0.5) is 0 Å². The number of hydrogen-bond acceptors (Lipinski definition) is 6. The van der Waals surface area contributed by atoms with Crippen molar-refractivity contribution in [3.05, 3.63) is 73.3 Å². The van der Waals surface area contributed by atoms with Crippen LogP contribution >= 0.6 is 45.3 Å². The highest BCUT2D eigenvalue weighted by atomic mass is 32.1. The first-order chi connectivity index (χ1) is 17.2. The van der Waals surface area contributed by atoms with Crippen molar-refractivity contribution >= 4 is 57.0 Å². The number of carbonyl (C=O) groups excluding carboxylic acids is 1. The van der Waals surface area contributed by atoms with Crippen LogP contribution in [0.1, 0.15) is 70.7 Å². The fourth-order valence-electron chi connectivity index (χ4n) is 6.04. The number of nitrogens with one attached hydrogen (secondary N) is 1. The van der Waals surface area contributed by atoms with E-state index in [0.717, 1.165) is 9.75 Å². The lowest BCUT2D eigenvalue weighted by atomic mass is 9.84. The second-order valence-corrected chi connectivity index (χ2v) is 14.6. The maximum absolute atomic E-state index is 13.3. The molecule has 0 atom stereocenters. The lowest BCUT2D eigenvalue weighted by molar-refractivity contribution is 0.101. The van der Waals surface area contributed by atoms with Crippen LogP contribution in [0.2, 0.25) is 0 Å². The molecule has 5 aromatic rings. The van der Waals surface area contributed by atoms with E-state index < -0.39 is 0 Å². The van der Waals surface area contributed by atoms with Gasteiger partial charge in [-0.1, -0.05) is 27.7 Å². The van der Waals surface area contributed by atoms with Gasteiger partial charge in [0.15, 0.2) is 5.88 Å². The third-order valence-electron chi connectivity index (χ3n) is 8.02. The number of rotatable bonds is 2. The quantitative estimate of drug-likeness (QED) is 0.235. The topological polar surface area (TPSA) is 65.5 Å². The van der Waals surface area contributed by atoms with Crippen molar-refractivity contribution in [2.75, 3.05) is 0 Å². The normalized spacial score (nSPS) is 17.7. The van der Waals surface area contributed by atoms with Crippen LogP contribution in [0.25, 0.3) is 30.1 Å². The Labute approximate surface area is 223 Å². The number of hydrogen-bond donors (Lipinski definition) is 2. The molecule has 0 saturated heterocycles. The minimum absolute atomic E-state index is 0.0128. The third-order valence-corrected chi connectivity index (χ3v) is 12.5. The van der Waals surface area contributed by atoms with Crippen LogP contribution in [0.3, 0.4) is 0 Å². The summed E-state index contributed by atoms with van der Waals surface area (Å²) in [5.74, 6) is -0.278. The van der Waals surface area contributed by atoms with Crippen LogP contribution < -0.4 is 0 Å². The van der Waals surface area contributed by atoms with Crippen molar-refractivity contribution in [1.82, 2.24) is 4.98 Å². The molecule has 4 nitrogen and oxygen atoms in total. The smallest absolute Gasteiger partial charge is 0.280 e. The Morgan fingerprint density at radius 1 is 0.778 bits per heavy atom. The summed E-state index contributed by atoms with van der Waals surface area (Å²) >= 11 is 6.88. The molecule has 5 aromatic heterocycles. The number of aromatic hydroxyl groups is 1. The van der Waals surface area contributed by atoms with Crippen molar-refractivity contribution < 1.29 is 9.90 Å². The molecule has 1 aliphatic heterocycles.